The van der Waals surface area contributed by atoms with Crippen LogP contribution in [0.3, 0.4) is 0 Å². The Morgan fingerprint density at radius 3 is 2.61 bits per heavy atom. The number of aliphatic imine (C=N–C) groups is 1. The molecule has 0 atom stereocenters. The van der Waals surface area contributed by atoms with Crippen molar-refractivity contribution in [3.63, 3.8) is 0 Å². The summed E-state index contributed by atoms with van der Waals surface area (Å²) in [6.07, 6.45) is 0. The number of hydrogen-bond donors (Lipinski definition) is 2. The number of nitrogens with one attached hydrogen (secondary N) is 1. The van der Waals surface area contributed by atoms with Gasteiger partial charge >= 0.3 is 0 Å². The van der Waals surface area contributed by atoms with E-state index in [0.29, 0.717) is 23.5 Å². The van der Waals surface area contributed by atoms with Crippen molar-refractivity contribution in [2.75, 3.05) is 33.4 Å². The Morgan fingerprint density at radius 1 is 1.44 bits per heavy atom. The van der Waals surface area contributed by atoms with Crippen LogP contribution in [0, 0.1) is 0 Å². The smallest absolute Gasteiger partial charge is 0.176 e. The summed E-state index contributed by atoms with van der Waals surface area (Å²) in [5.41, 5.74) is 7.70. The Bertz CT molecular complexity index is 466. The lowest BCUT2D eigenvalue weighted by molar-refractivity contribution is 0.0993. The van der Waals surface area contributed by atoms with Gasteiger partial charge in [0, 0.05) is 19.7 Å². The quantitative estimate of drug-likeness (QED) is 0.364. The highest BCUT2D eigenvalue weighted by atomic mass is 16.1. The second-order valence-electron chi connectivity index (χ2n) is 4.28. The third-order valence-corrected chi connectivity index (χ3v) is 2.62. The summed E-state index contributed by atoms with van der Waals surface area (Å²) in [6.45, 7) is 2.21. The SMILES string of the molecule is CNCC(=O)c1ccc(N=C(C)N(C)C)c(N)c1. The number of hydrogen-bond acceptors (Lipinski definition) is 4. The van der Waals surface area contributed by atoms with E-state index < -0.39 is 0 Å². The summed E-state index contributed by atoms with van der Waals surface area (Å²) in [5, 5.41) is 2.82. The minimum Gasteiger partial charge on any atom is -0.397 e. The molecule has 1 rings (SSSR count). The first-order valence-electron chi connectivity index (χ1n) is 5.75. The van der Waals surface area contributed by atoms with Gasteiger partial charge in [-0.05, 0) is 32.2 Å². The maximum Gasteiger partial charge on any atom is 0.176 e. The number of Topliss-reactive ketones (excluding diaryl/α,β-unsaturated/α-hetero) is 1. The predicted molar refractivity (Wildman–Crippen MR) is 75.6 cm³/mol. The molecule has 1 aromatic carbocycles. The lowest BCUT2D eigenvalue weighted by Gasteiger charge is -2.12. The monoisotopic (exact) mass is 248 g/mol. The third-order valence-electron chi connectivity index (χ3n) is 2.62. The van der Waals surface area contributed by atoms with Crippen LogP contribution in [0.15, 0.2) is 23.2 Å². The summed E-state index contributed by atoms with van der Waals surface area (Å²) in [7, 11) is 5.57. The lowest BCUT2D eigenvalue weighted by atomic mass is 10.1. The van der Waals surface area contributed by atoms with Gasteiger partial charge in [0.15, 0.2) is 5.78 Å². The maximum atomic E-state index is 11.7. The number of rotatable bonds is 4. The number of carbonyl (C=O) groups is 1. The normalized spacial score (nSPS) is 11.4. The number of ketones is 1. The fraction of sp³-hybridized carbons (Fsp3) is 0.385. The Kier molecular flexibility index (Phi) is 4.85. The molecule has 0 radical (unpaired) electrons. The van der Waals surface area contributed by atoms with E-state index in [0.717, 1.165) is 5.84 Å². The van der Waals surface area contributed by atoms with Crippen LogP contribution in [0.2, 0.25) is 0 Å². The first-order valence-corrected chi connectivity index (χ1v) is 5.75. The average Bonchev–Trinajstić information content (AvgIpc) is 2.31. The molecule has 0 heterocycles. The molecule has 0 bridgehead atoms. The van der Waals surface area contributed by atoms with Gasteiger partial charge in [0.25, 0.3) is 0 Å². The molecule has 1 aromatic rings. The molecule has 0 aromatic heterocycles. The highest BCUT2D eigenvalue weighted by Crippen LogP contribution is 2.23. The zero-order valence-electron chi connectivity index (χ0n) is 11.3. The summed E-state index contributed by atoms with van der Waals surface area (Å²) >= 11 is 0. The van der Waals surface area contributed by atoms with Crippen LogP contribution < -0.4 is 11.1 Å². The van der Waals surface area contributed by atoms with Crippen LogP contribution in [0.1, 0.15) is 17.3 Å². The fourth-order valence-corrected chi connectivity index (χ4v) is 1.37. The van der Waals surface area contributed by atoms with E-state index in [1.54, 1.807) is 25.2 Å². The number of anilines is 1. The minimum atomic E-state index is 0.0176. The highest BCUT2D eigenvalue weighted by Gasteiger charge is 2.07. The van der Waals surface area contributed by atoms with Gasteiger partial charge in [0.05, 0.1) is 17.9 Å². The Balaban J connectivity index is 3.00. The summed E-state index contributed by atoms with van der Waals surface area (Å²) in [5.74, 6) is 0.875. The van der Waals surface area contributed by atoms with Gasteiger partial charge in [-0.15, -0.1) is 0 Å². The zero-order valence-corrected chi connectivity index (χ0v) is 11.3. The molecule has 3 N–H and O–H groups in total. The van der Waals surface area contributed by atoms with Crippen LogP contribution in [0.5, 0.6) is 0 Å². The zero-order chi connectivity index (χ0) is 13.7. The van der Waals surface area contributed by atoms with Crippen molar-refractivity contribution in [1.29, 1.82) is 0 Å². The summed E-state index contributed by atoms with van der Waals surface area (Å²) in [4.78, 5) is 18.0. The molecule has 18 heavy (non-hydrogen) atoms. The maximum absolute atomic E-state index is 11.7. The van der Waals surface area contributed by atoms with E-state index in [1.165, 1.54) is 0 Å². The van der Waals surface area contributed by atoms with Crippen molar-refractivity contribution in [3.05, 3.63) is 23.8 Å². The molecule has 5 nitrogen and oxygen atoms in total. The highest BCUT2D eigenvalue weighted by molar-refractivity contribution is 5.99. The summed E-state index contributed by atoms with van der Waals surface area (Å²) in [6, 6.07) is 5.18. The Hall–Kier alpha value is -1.88. The molecule has 0 aliphatic carbocycles. The minimum absolute atomic E-state index is 0.0176. The second kappa shape index (κ2) is 6.16. The van der Waals surface area contributed by atoms with Crippen molar-refractivity contribution >= 4 is 23.0 Å². The molecule has 0 aliphatic heterocycles. The van der Waals surface area contributed by atoms with Crippen LogP contribution in [0.25, 0.3) is 0 Å². The van der Waals surface area contributed by atoms with Gasteiger partial charge in [-0.1, -0.05) is 0 Å². The van der Waals surface area contributed by atoms with Crippen molar-refractivity contribution < 1.29 is 4.79 Å². The van der Waals surface area contributed by atoms with E-state index in [-0.39, 0.29) is 5.78 Å². The van der Waals surface area contributed by atoms with Crippen molar-refractivity contribution in [3.8, 4) is 0 Å². The second-order valence-corrected chi connectivity index (χ2v) is 4.28. The fourth-order valence-electron chi connectivity index (χ4n) is 1.37. The topological polar surface area (TPSA) is 70.7 Å². The van der Waals surface area contributed by atoms with Crippen LogP contribution in [-0.4, -0.2) is 44.2 Å². The van der Waals surface area contributed by atoms with Gasteiger partial charge in [0.2, 0.25) is 0 Å². The molecule has 0 saturated heterocycles. The van der Waals surface area contributed by atoms with E-state index >= 15 is 0 Å². The van der Waals surface area contributed by atoms with E-state index in [2.05, 4.69) is 10.3 Å². The number of likely N-dealkylation sites (N-methyl/N-ethyl adjacent to an activating group) is 1. The van der Waals surface area contributed by atoms with E-state index in [4.69, 9.17) is 5.73 Å². The van der Waals surface area contributed by atoms with Gasteiger partial charge < -0.3 is 16.0 Å². The molecule has 5 heteroatoms. The molecule has 98 valence electrons. The molecule has 0 amide bonds. The van der Waals surface area contributed by atoms with Crippen LogP contribution >= 0.6 is 0 Å². The third kappa shape index (κ3) is 3.56. The average molecular weight is 248 g/mol. The Morgan fingerprint density at radius 2 is 2.11 bits per heavy atom. The van der Waals surface area contributed by atoms with Gasteiger partial charge in [-0.3, -0.25) is 4.79 Å². The van der Waals surface area contributed by atoms with Crippen molar-refractivity contribution in [2.45, 2.75) is 6.92 Å². The van der Waals surface area contributed by atoms with E-state index in [1.807, 2.05) is 25.9 Å². The number of nitrogens with zero attached hydrogens (tertiary/aromatic N) is 2. The summed E-state index contributed by atoms with van der Waals surface area (Å²) < 4.78 is 0. The molecule has 0 unspecified atom stereocenters. The standard InChI is InChI=1S/C13H20N4O/c1-9(17(3)4)16-12-6-5-10(7-11(12)14)13(18)8-15-2/h5-7,15H,8,14H2,1-4H3. The lowest BCUT2D eigenvalue weighted by Crippen LogP contribution is -2.19. The Labute approximate surface area is 108 Å². The molecule has 0 fully saturated rings. The number of amidine groups is 1. The van der Waals surface area contributed by atoms with Crippen molar-refractivity contribution in [1.82, 2.24) is 10.2 Å². The number of nitrogen functional groups attached to an aromatic ring is 1. The molecular weight excluding hydrogens is 228 g/mol. The van der Waals surface area contributed by atoms with Crippen LogP contribution in [0.4, 0.5) is 11.4 Å². The van der Waals surface area contributed by atoms with E-state index in [9.17, 15) is 4.79 Å². The molecular formula is C13H20N4O. The largest absolute Gasteiger partial charge is 0.397 e. The molecule has 0 aliphatic rings. The first-order chi connectivity index (χ1) is 8.45. The predicted octanol–water partition coefficient (Wildman–Crippen LogP) is 1.28. The van der Waals surface area contributed by atoms with Gasteiger partial charge in [0.1, 0.15) is 5.84 Å². The first kappa shape index (κ1) is 14.2. The number of carbonyl (C=O) groups excluding carboxylic acids is 1. The van der Waals surface area contributed by atoms with Gasteiger partial charge in [-0.2, -0.15) is 0 Å². The molecule has 0 spiro atoms. The van der Waals surface area contributed by atoms with Crippen molar-refractivity contribution in [2.24, 2.45) is 4.99 Å². The van der Waals surface area contributed by atoms with Crippen LogP contribution in [-0.2, 0) is 0 Å². The molecule has 0 saturated carbocycles. The number of benzene rings is 1. The van der Waals surface area contributed by atoms with Gasteiger partial charge in [-0.25, -0.2) is 4.99 Å². The number of nitrogens with two attached hydrogens (primary N) is 1.